The van der Waals surface area contributed by atoms with Crippen LogP contribution in [0.4, 0.5) is 5.82 Å². The van der Waals surface area contributed by atoms with Gasteiger partial charge in [-0.05, 0) is 50.1 Å². The Morgan fingerprint density at radius 1 is 1.12 bits per heavy atom. The van der Waals surface area contributed by atoms with Crippen molar-refractivity contribution < 1.29 is 4.74 Å². The van der Waals surface area contributed by atoms with Crippen molar-refractivity contribution in [1.29, 1.82) is 5.26 Å². The summed E-state index contributed by atoms with van der Waals surface area (Å²) in [6, 6.07) is 11.2. The smallest absolute Gasteiger partial charge is 0.219 e. The minimum atomic E-state index is 0.0185. The number of nitrogen functional groups attached to an aromatic ring is 1. The van der Waals surface area contributed by atoms with Crippen molar-refractivity contribution in [2.24, 2.45) is 0 Å². The van der Waals surface area contributed by atoms with Gasteiger partial charge in [-0.25, -0.2) is 19.6 Å². The number of hydrogen-bond donors (Lipinski definition) is 1. The van der Waals surface area contributed by atoms with Crippen LogP contribution < -0.4 is 10.5 Å². The molecule has 0 spiro atoms. The number of fused-ring (bicyclic) bond motifs is 1. The van der Waals surface area contributed by atoms with Crippen molar-refractivity contribution >= 4 is 28.5 Å². The number of likely N-dealkylation sites (tertiary alicyclic amines) is 1. The van der Waals surface area contributed by atoms with Crippen LogP contribution in [0, 0.1) is 11.5 Å². The van der Waals surface area contributed by atoms with Gasteiger partial charge in [-0.2, -0.15) is 10.4 Å². The molecule has 1 fully saturated rings. The molecule has 1 aliphatic heterocycles. The normalized spacial score (nSPS) is 18.3. The van der Waals surface area contributed by atoms with Crippen molar-refractivity contribution in [1.82, 2.24) is 29.6 Å². The Kier molecular flexibility index (Phi) is 5.44. The molecule has 2 atom stereocenters. The molecule has 166 valence electrons. The molecule has 9 nitrogen and oxygen atoms in total. The lowest BCUT2D eigenvalue weighted by Crippen LogP contribution is -2.39. The highest BCUT2D eigenvalue weighted by Crippen LogP contribution is 2.35. The average molecular weight is 461 g/mol. The molecule has 0 radical (unpaired) electrons. The SMILES string of the molecule is CC1CCC(n2nc(-c3ccc(Oc4ccc(Cl)cn4)cc3)c3c(N)ncnc32)CN1C#N. The Labute approximate surface area is 195 Å². The molecule has 1 aliphatic rings. The summed E-state index contributed by atoms with van der Waals surface area (Å²) in [6.45, 7) is 2.65. The number of nitriles is 1. The molecule has 0 amide bonds. The second kappa shape index (κ2) is 8.56. The van der Waals surface area contributed by atoms with Gasteiger partial charge in [-0.1, -0.05) is 11.6 Å². The van der Waals surface area contributed by atoms with E-state index < -0.39 is 0 Å². The van der Waals surface area contributed by atoms with E-state index in [0.717, 1.165) is 18.4 Å². The molecule has 2 unspecified atom stereocenters. The maximum Gasteiger partial charge on any atom is 0.219 e. The summed E-state index contributed by atoms with van der Waals surface area (Å²) in [5.41, 5.74) is 8.47. The minimum absolute atomic E-state index is 0.0185. The van der Waals surface area contributed by atoms with Crippen LogP contribution in [0.2, 0.25) is 5.02 Å². The van der Waals surface area contributed by atoms with Crippen molar-refractivity contribution in [2.45, 2.75) is 31.8 Å². The quantitative estimate of drug-likeness (QED) is 0.444. The lowest BCUT2D eigenvalue weighted by atomic mass is 10.0. The molecule has 5 rings (SSSR count). The fraction of sp³-hybridized carbons (Fsp3) is 0.261. The molecule has 0 saturated carbocycles. The van der Waals surface area contributed by atoms with Gasteiger partial charge in [0.1, 0.15) is 23.6 Å². The van der Waals surface area contributed by atoms with E-state index in [9.17, 15) is 5.26 Å². The first kappa shape index (κ1) is 21.0. The van der Waals surface area contributed by atoms with E-state index in [2.05, 4.69) is 28.1 Å². The van der Waals surface area contributed by atoms with Gasteiger partial charge in [0.15, 0.2) is 11.8 Å². The second-order valence-electron chi connectivity index (χ2n) is 8.02. The topological polar surface area (TPSA) is 119 Å². The molecule has 1 aromatic carbocycles. The van der Waals surface area contributed by atoms with Crippen LogP contribution in [0.5, 0.6) is 11.6 Å². The first-order chi connectivity index (χ1) is 16.0. The number of piperidine rings is 1. The number of benzene rings is 1. The summed E-state index contributed by atoms with van der Waals surface area (Å²) < 4.78 is 7.68. The molecule has 0 bridgehead atoms. The number of nitrogens with two attached hydrogens (primary N) is 1. The maximum atomic E-state index is 9.49. The Morgan fingerprint density at radius 2 is 1.94 bits per heavy atom. The van der Waals surface area contributed by atoms with Crippen molar-refractivity contribution in [3.05, 3.63) is 53.9 Å². The number of hydrogen-bond acceptors (Lipinski definition) is 8. The number of ether oxygens (including phenoxy) is 1. The number of rotatable bonds is 4. The Bertz CT molecular complexity index is 1330. The first-order valence-corrected chi connectivity index (χ1v) is 11.0. The van der Waals surface area contributed by atoms with Crippen LogP contribution >= 0.6 is 11.6 Å². The summed E-state index contributed by atoms with van der Waals surface area (Å²) in [4.78, 5) is 14.6. The zero-order valence-corrected chi connectivity index (χ0v) is 18.6. The molecular weight excluding hydrogens is 440 g/mol. The molecule has 3 aromatic heterocycles. The second-order valence-corrected chi connectivity index (χ2v) is 8.46. The van der Waals surface area contributed by atoms with E-state index >= 15 is 0 Å². The van der Waals surface area contributed by atoms with Crippen LogP contribution in [-0.2, 0) is 0 Å². The van der Waals surface area contributed by atoms with Gasteiger partial charge >= 0.3 is 0 Å². The molecule has 33 heavy (non-hydrogen) atoms. The highest BCUT2D eigenvalue weighted by Gasteiger charge is 2.29. The zero-order valence-electron chi connectivity index (χ0n) is 17.9. The summed E-state index contributed by atoms with van der Waals surface area (Å²) in [6.07, 6.45) is 7.08. The largest absolute Gasteiger partial charge is 0.439 e. The molecule has 2 N–H and O–H groups in total. The van der Waals surface area contributed by atoms with Crippen molar-refractivity contribution in [3.63, 3.8) is 0 Å². The summed E-state index contributed by atoms with van der Waals surface area (Å²) in [7, 11) is 0. The zero-order chi connectivity index (χ0) is 22.9. The molecular formula is C23H21ClN8O. The Balaban J connectivity index is 1.49. The molecule has 10 heteroatoms. The summed E-state index contributed by atoms with van der Waals surface area (Å²) in [5.74, 6) is 1.45. The minimum Gasteiger partial charge on any atom is -0.439 e. The van der Waals surface area contributed by atoms with E-state index in [1.807, 2.05) is 28.9 Å². The van der Waals surface area contributed by atoms with Gasteiger partial charge in [-0.15, -0.1) is 0 Å². The number of anilines is 1. The van der Waals surface area contributed by atoms with Gasteiger partial charge in [-0.3, -0.25) is 0 Å². The monoisotopic (exact) mass is 460 g/mol. The number of nitrogens with zero attached hydrogens (tertiary/aromatic N) is 7. The van der Waals surface area contributed by atoms with Crippen molar-refractivity contribution in [3.8, 4) is 29.1 Å². The predicted octanol–water partition coefficient (Wildman–Crippen LogP) is 4.42. The number of aromatic nitrogens is 5. The molecule has 1 saturated heterocycles. The van der Waals surface area contributed by atoms with Gasteiger partial charge in [0, 0.05) is 23.9 Å². The third kappa shape index (κ3) is 4.01. The number of halogens is 1. The standard InChI is InChI=1S/C23H21ClN8O/c1-14-2-6-17(11-31(14)12-25)32-23-20(22(26)28-13-29-23)21(30-32)15-3-7-18(8-4-15)33-19-9-5-16(24)10-27-19/h3-5,7-10,13-14,17H,2,6,11H2,1H3,(H2,26,28,29). The van der Waals surface area contributed by atoms with Gasteiger partial charge in [0.05, 0.1) is 23.0 Å². The molecule has 4 heterocycles. The third-order valence-corrected chi connectivity index (χ3v) is 6.12. The summed E-state index contributed by atoms with van der Waals surface area (Å²) >= 11 is 5.88. The Hall–Kier alpha value is -3.90. The van der Waals surface area contributed by atoms with Crippen LogP contribution in [-0.4, -0.2) is 42.2 Å². The maximum absolute atomic E-state index is 9.49. The highest BCUT2D eigenvalue weighted by molar-refractivity contribution is 6.30. The van der Waals surface area contributed by atoms with Gasteiger partial charge in [0.25, 0.3) is 0 Å². The number of pyridine rings is 1. The fourth-order valence-electron chi connectivity index (χ4n) is 4.10. The van der Waals surface area contributed by atoms with Crippen LogP contribution in [0.1, 0.15) is 25.8 Å². The fourth-order valence-corrected chi connectivity index (χ4v) is 4.21. The Morgan fingerprint density at radius 3 is 2.67 bits per heavy atom. The van der Waals surface area contributed by atoms with E-state index in [4.69, 9.17) is 27.2 Å². The van der Waals surface area contributed by atoms with Crippen molar-refractivity contribution in [2.75, 3.05) is 12.3 Å². The lowest BCUT2D eigenvalue weighted by molar-refractivity contribution is 0.179. The predicted molar refractivity (Wildman–Crippen MR) is 125 cm³/mol. The summed E-state index contributed by atoms with van der Waals surface area (Å²) in [5, 5.41) is 15.6. The first-order valence-electron chi connectivity index (χ1n) is 10.6. The molecule has 4 aromatic rings. The van der Waals surface area contributed by atoms with E-state index in [-0.39, 0.29) is 12.1 Å². The van der Waals surface area contributed by atoms with E-state index in [1.165, 1.54) is 12.5 Å². The van der Waals surface area contributed by atoms with Crippen LogP contribution in [0.25, 0.3) is 22.3 Å². The van der Waals surface area contributed by atoms with Gasteiger partial charge < -0.3 is 15.4 Å². The van der Waals surface area contributed by atoms with Crippen LogP contribution in [0.3, 0.4) is 0 Å². The molecule has 0 aliphatic carbocycles. The van der Waals surface area contributed by atoms with Gasteiger partial charge in [0.2, 0.25) is 5.88 Å². The average Bonchev–Trinajstić information content (AvgIpc) is 3.22. The third-order valence-electron chi connectivity index (χ3n) is 5.90. The lowest BCUT2D eigenvalue weighted by Gasteiger charge is -2.34. The van der Waals surface area contributed by atoms with Crippen LogP contribution in [0.15, 0.2) is 48.9 Å². The van der Waals surface area contributed by atoms with E-state index in [0.29, 0.717) is 45.7 Å². The van der Waals surface area contributed by atoms with E-state index in [1.54, 1.807) is 17.0 Å². The highest BCUT2D eigenvalue weighted by atomic mass is 35.5.